The van der Waals surface area contributed by atoms with Crippen molar-refractivity contribution in [1.82, 2.24) is 0 Å². The highest BCUT2D eigenvalue weighted by atomic mass is 32.2. The average Bonchev–Trinajstić information content (AvgIpc) is 2.28. The third kappa shape index (κ3) is 8.91. The Labute approximate surface area is 120 Å². The smallest absolute Gasteiger partial charge is 0.319 e. The molecule has 0 heterocycles. The first-order valence-electron chi connectivity index (χ1n) is 6.07. The largest absolute Gasteiger partial charge is 0.465 e. The molecule has 0 fully saturated rings. The van der Waals surface area contributed by atoms with Crippen LogP contribution < -0.4 is 0 Å². The van der Waals surface area contributed by atoms with Gasteiger partial charge in [0, 0.05) is 0 Å². The molecule has 0 radical (unpaired) electrons. The minimum Gasteiger partial charge on any atom is -0.465 e. The van der Waals surface area contributed by atoms with E-state index in [0.29, 0.717) is 16.1 Å². The highest BCUT2D eigenvalue weighted by molar-refractivity contribution is 8.42. The summed E-state index contributed by atoms with van der Waals surface area (Å²) in [6.45, 7) is 6.63. The van der Waals surface area contributed by atoms with Gasteiger partial charge < -0.3 is 4.74 Å². The fraction of sp³-hybridized carbons (Fsp3) is 0.833. The topological polar surface area (TPSA) is 26.3 Å². The molecule has 0 saturated carbocycles. The van der Waals surface area contributed by atoms with Crippen LogP contribution in [0.2, 0.25) is 0 Å². The molecule has 0 saturated heterocycles. The van der Waals surface area contributed by atoms with Crippen molar-refractivity contribution in [3.05, 3.63) is 0 Å². The van der Waals surface area contributed by atoms with Gasteiger partial charge in [-0.2, -0.15) is 0 Å². The first kappa shape index (κ1) is 17.3. The van der Waals surface area contributed by atoms with Crippen LogP contribution in [0, 0.1) is 5.92 Å². The molecule has 0 bridgehead atoms. The maximum Gasteiger partial charge on any atom is 0.319 e. The van der Waals surface area contributed by atoms with Crippen molar-refractivity contribution in [3.8, 4) is 0 Å². The van der Waals surface area contributed by atoms with Crippen molar-refractivity contribution >= 4 is 46.1 Å². The van der Waals surface area contributed by atoms with Gasteiger partial charge in [-0.15, -0.1) is 12.6 Å². The van der Waals surface area contributed by atoms with Gasteiger partial charge in [-0.05, 0) is 19.3 Å². The van der Waals surface area contributed by atoms with Crippen LogP contribution in [0.15, 0.2) is 0 Å². The number of hydrogen-bond donors (Lipinski definition) is 1. The zero-order chi connectivity index (χ0) is 13.3. The second-order valence-electron chi connectivity index (χ2n) is 4.07. The monoisotopic (exact) mass is 294 g/mol. The number of esters is 1. The Morgan fingerprint density at radius 3 is 2.59 bits per heavy atom. The zero-order valence-electron chi connectivity index (χ0n) is 10.8. The number of hydrogen-bond acceptors (Lipinski definition) is 4. The summed E-state index contributed by atoms with van der Waals surface area (Å²) in [4.78, 5) is 11.6. The highest BCUT2D eigenvalue weighted by Gasteiger charge is 2.17. The van der Waals surface area contributed by atoms with Gasteiger partial charge in [-0.3, -0.25) is 4.79 Å². The minimum absolute atomic E-state index is 0.193. The summed E-state index contributed by atoms with van der Waals surface area (Å²) in [6.07, 6.45) is 4.57. The van der Waals surface area contributed by atoms with Gasteiger partial charge in [0.1, 0.15) is 8.78 Å². The Kier molecular flexibility index (Phi) is 10.4. The SMILES string of the molecule is CCCCC(CC)COC(=O)C(C)SC(=S)S. The average molecular weight is 295 g/mol. The number of thioether (sulfide) groups is 1. The molecule has 0 aliphatic heterocycles. The molecular formula is C12H22O2S3. The van der Waals surface area contributed by atoms with Crippen molar-refractivity contribution in [2.45, 2.75) is 51.7 Å². The first-order chi connectivity index (χ1) is 8.01. The van der Waals surface area contributed by atoms with E-state index in [1.165, 1.54) is 24.6 Å². The van der Waals surface area contributed by atoms with E-state index < -0.39 is 0 Å². The molecular weight excluding hydrogens is 272 g/mol. The lowest BCUT2D eigenvalue weighted by molar-refractivity contribution is -0.144. The third-order valence-corrected chi connectivity index (χ3v) is 3.97. The summed E-state index contributed by atoms with van der Waals surface area (Å²) in [5.41, 5.74) is 0. The lowest BCUT2D eigenvalue weighted by Crippen LogP contribution is -2.21. The molecule has 0 N–H and O–H groups in total. The molecule has 0 aromatic heterocycles. The van der Waals surface area contributed by atoms with Gasteiger partial charge in [0.15, 0.2) is 0 Å². The Morgan fingerprint density at radius 1 is 1.47 bits per heavy atom. The molecule has 2 atom stereocenters. The number of unbranched alkanes of at least 4 members (excludes halogenated alkanes) is 1. The number of thiol groups is 1. The third-order valence-electron chi connectivity index (χ3n) is 2.61. The van der Waals surface area contributed by atoms with E-state index in [4.69, 9.17) is 17.0 Å². The highest BCUT2D eigenvalue weighted by Crippen LogP contribution is 2.18. The van der Waals surface area contributed by atoms with E-state index in [1.54, 1.807) is 6.92 Å². The van der Waals surface area contributed by atoms with Crippen LogP contribution in [0.1, 0.15) is 46.5 Å². The maximum absolute atomic E-state index is 11.6. The van der Waals surface area contributed by atoms with Gasteiger partial charge >= 0.3 is 5.97 Å². The summed E-state index contributed by atoms with van der Waals surface area (Å²) in [6, 6.07) is 0. The molecule has 0 aliphatic carbocycles. The van der Waals surface area contributed by atoms with Crippen molar-refractivity contribution in [1.29, 1.82) is 0 Å². The first-order valence-corrected chi connectivity index (χ1v) is 7.80. The number of thiocarbonyl (C=S) groups is 1. The molecule has 0 aromatic rings. The van der Waals surface area contributed by atoms with Gasteiger partial charge in [0.25, 0.3) is 0 Å². The zero-order valence-corrected chi connectivity index (χ0v) is 13.3. The van der Waals surface area contributed by atoms with Crippen LogP contribution in [0.4, 0.5) is 0 Å². The Hall–Kier alpha value is 0.260. The Morgan fingerprint density at radius 2 is 2.12 bits per heavy atom. The van der Waals surface area contributed by atoms with Crippen LogP contribution in [0.3, 0.4) is 0 Å². The van der Waals surface area contributed by atoms with E-state index in [-0.39, 0.29) is 11.2 Å². The Balaban J connectivity index is 3.90. The second-order valence-corrected chi connectivity index (χ2v) is 7.14. The quantitative estimate of drug-likeness (QED) is 0.414. The van der Waals surface area contributed by atoms with E-state index in [2.05, 4.69) is 26.5 Å². The van der Waals surface area contributed by atoms with Gasteiger partial charge in [-0.25, -0.2) is 0 Å². The standard InChI is InChI=1S/C12H22O2S3/c1-4-6-7-10(5-2)8-14-11(13)9(3)17-12(15)16/h9-10H,4-8H2,1-3H3,(H,15,16). The molecule has 0 aromatic carbocycles. The number of carbonyl (C=O) groups excluding carboxylic acids is 1. The van der Waals surface area contributed by atoms with E-state index in [0.717, 1.165) is 12.8 Å². The summed E-state index contributed by atoms with van der Waals surface area (Å²) in [5, 5.41) is -0.260. The Bertz CT molecular complexity index is 244. The molecule has 0 amide bonds. The van der Waals surface area contributed by atoms with Crippen molar-refractivity contribution < 1.29 is 9.53 Å². The normalized spacial score (nSPS) is 14.1. The molecule has 0 spiro atoms. The molecule has 0 rings (SSSR count). The second kappa shape index (κ2) is 10.2. The molecule has 2 nitrogen and oxygen atoms in total. The maximum atomic E-state index is 11.6. The number of carbonyl (C=O) groups is 1. The van der Waals surface area contributed by atoms with Crippen molar-refractivity contribution in [2.75, 3.05) is 6.61 Å². The van der Waals surface area contributed by atoms with Crippen molar-refractivity contribution in [3.63, 3.8) is 0 Å². The van der Waals surface area contributed by atoms with Crippen molar-refractivity contribution in [2.24, 2.45) is 5.92 Å². The minimum atomic E-state index is -0.260. The predicted molar refractivity (Wildman–Crippen MR) is 82.9 cm³/mol. The molecule has 0 aliphatic rings. The van der Waals surface area contributed by atoms with E-state index >= 15 is 0 Å². The van der Waals surface area contributed by atoms with Crippen LogP contribution >= 0.6 is 36.6 Å². The van der Waals surface area contributed by atoms with E-state index in [1.807, 2.05) is 0 Å². The van der Waals surface area contributed by atoms with Crippen LogP contribution in [0.25, 0.3) is 0 Å². The lowest BCUT2D eigenvalue weighted by Gasteiger charge is -2.16. The van der Waals surface area contributed by atoms with Gasteiger partial charge in [-0.1, -0.05) is 57.1 Å². The lowest BCUT2D eigenvalue weighted by atomic mass is 10.0. The molecule has 2 unspecified atom stereocenters. The van der Waals surface area contributed by atoms with Crippen LogP contribution in [0.5, 0.6) is 0 Å². The molecule has 5 heteroatoms. The summed E-state index contributed by atoms with van der Waals surface area (Å²) in [5.74, 6) is 0.292. The fourth-order valence-corrected chi connectivity index (χ4v) is 2.79. The van der Waals surface area contributed by atoms with Crippen LogP contribution in [-0.2, 0) is 9.53 Å². The summed E-state index contributed by atoms with van der Waals surface area (Å²) >= 11 is 10.1. The van der Waals surface area contributed by atoms with Crippen LogP contribution in [-0.4, -0.2) is 21.4 Å². The van der Waals surface area contributed by atoms with Gasteiger partial charge in [0.2, 0.25) is 0 Å². The molecule has 100 valence electrons. The fourth-order valence-electron chi connectivity index (χ4n) is 1.41. The van der Waals surface area contributed by atoms with Gasteiger partial charge in [0.05, 0.1) is 6.61 Å². The predicted octanol–water partition coefficient (Wildman–Crippen LogP) is 4.08. The summed E-state index contributed by atoms with van der Waals surface area (Å²) < 4.78 is 5.78. The van der Waals surface area contributed by atoms with E-state index in [9.17, 15) is 4.79 Å². The summed E-state index contributed by atoms with van der Waals surface area (Å²) in [7, 11) is 0. The molecule has 17 heavy (non-hydrogen) atoms. The number of ether oxygens (including phenoxy) is 1. The number of rotatable bonds is 8.